The van der Waals surface area contributed by atoms with Crippen molar-refractivity contribution < 1.29 is 9.84 Å². The number of aromatic hydroxyl groups is 1. The molecule has 1 N–H and O–H groups in total. The SMILES string of the molecule is COc1cccc(-c2cc(C)c3cc(Cl)c(C)cc3n2)c1O. The van der Waals surface area contributed by atoms with Gasteiger partial charge in [0.1, 0.15) is 0 Å². The Morgan fingerprint density at radius 3 is 2.59 bits per heavy atom. The van der Waals surface area contributed by atoms with Crippen molar-refractivity contribution in [3.05, 3.63) is 52.5 Å². The van der Waals surface area contributed by atoms with E-state index in [9.17, 15) is 5.11 Å². The molecule has 0 aliphatic heterocycles. The maximum Gasteiger partial charge on any atom is 0.167 e. The van der Waals surface area contributed by atoms with E-state index < -0.39 is 0 Å². The van der Waals surface area contributed by atoms with E-state index in [0.717, 1.165) is 27.1 Å². The summed E-state index contributed by atoms with van der Waals surface area (Å²) in [5.74, 6) is 0.534. The van der Waals surface area contributed by atoms with Gasteiger partial charge in [-0.1, -0.05) is 17.7 Å². The van der Waals surface area contributed by atoms with Crippen LogP contribution in [0, 0.1) is 13.8 Å². The van der Waals surface area contributed by atoms with Crippen LogP contribution in [0.2, 0.25) is 5.02 Å². The van der Waals surface area contributed by atoms with Gasteiger partial charge in [0.15, 0.2) is 11.5 Å². The zero-order valence-corrected chi connectivity index (χ0v) is 13.4. The van der Waals surface area contributed by atoms with Crippen molar-refractivity contribution in [3.8, 4) is 22.8 Å². The predicted molar refractivity (Wildman–Crippen MR) is 89.9 cm³/mol. The van der Waals surface area contributed by atoms with Crippen LogP contribution in [0.25, 0.3) is 22.2 Å². The fourth-order valence-corrected chi connectivity index (χ4v) is 2.71. The van der Waals surface area contributed by atoms with Crippen molar-refractivity contribution in [2.45, 2.75) is 13.8 Å². The summed E-state index contributed by atoms with van der Waals surface area (Å²) in [7, 11) is 1.53. The van der Waals surface area contributed by atoms with Gasteiger partial charge >= 0.3 is 0 Å². The van der Waals surface area contributed by atoms with Crippen LogP contribution < -0.4 is 4.74 Å². The lowest BCUT2D eigenvalue weighted by Crippen LogP contribution is -1.92. The molecule has 2 aromatic carbocycles. The fraction of sp³-hybridized carbons (Fsp3) is 0.167. The van der Waals surface area contributed by atoms with Crippen molar-refractivity contribution in [3.63, 3.8) is 0 Å². The lowest BCUT2D eigenvalue weighted by atomic mass is 10.0. The van der Waals surface area contributed by atoms with Gasteiger partial charge in [-0.25, -0.2) is 4.98 Å². The molecule has 1 aromatic heterocycles. The highest BCUT2D eigenvalue weighted by atomic mass is 35.5. The molecule has 0 aliphatic carbocycles. The van der Waals surface area contributed by atoms with E-state index in [0.29, 0.717) is 17.0 Å². The molecule has 0 amide bonds. The van der Waals surface area contributed by atoms with E-state index >= 15 is 0 Å². The topological polar surface area (TPSA) is 42.4 Å². The first kappa shape index (κ1) is 14.7. The number of ether oxygens (including phenoxy) is 1. The normalized spacial score (nSPS) is 10.9. The molecule has 0 unspecified atom stereocenters. The molecule has 0 saturated carbocycles. The first-order chi connectivity index (χ1) is 10.5. The number of halogens is 1. The molecule has 3 rings (SSSR count). The molecule has 4 heteroatoms. The van der Waals surface area contributed by atoms with Crippen LogP contribution in [-0.2, 0) is 0 Å². The Bertz CT molecular complexity index is 875. The minimum atomic E-state index is 0.0990. The average Bonchev–Trinajstić information content (AvgIpc) is 2.49. The van der Waals surface area contributed by atoms with Crippen molar-refractivity contribution in [2.75, 3.05) is 7.11 Å². The monoisotopic (exact) mass is 313 g/mol. The molecular formula is C18H16ClNO2. The maximum absolute atomic E-state index is 10.3. The molecule has 3 aromatic rings. The summed E-state index contributed by atoms with van der Waals surface area (Å²) in [6, 6.07) is 11.2. The number of phenolic OH excluding ortho intramolecular Hbond substituents is 1. The van der Waals surface area contributed by atoms with E-state index in [1.54, 1.807) is 6.07 Å². The summed E-state index contributed by atoms with van der Waals surface area (Å²) in [5, 5.41) is 12.1. The summed E-state index contributed by atoms with van der Waals surface area (Å²) >= 11 is 6.20. The van der Waals surface area contributed by atoms with Gasteiger partial charge in [0, 0.05) is 16.0 Å². The van der Waals surface area contributed by atoms with Crippen LogP contribution in [0.3, 0.4) is 0 Å². The van der Waals surface area contributed by atoms with Gasteiger partial charge in [-0.15, -0.1) is 0 Å². The van der Waals surface area contributed by atoms with Crippen LogP contribution in [0.1, 0.15) is 11.1 Å². The molecule has 0 atom stereocenters. The first-order valence-electron chi connectivity index (χ1n) is 6.95. The Balaban J connectivity index is 2.27. The van der Waals surface area contributed by atoms with E-state index in [1.807, 2.05) is 44.2 Å². The molecule has 0 fully saturated rings. The average molecular weight is 314 g/mol. The number of methoxy groups -OCH3 is 1. The molecule has 22 heavy (non-hydrogen) atoms. The highest BCUT2D eigenvalue weighted by molar-refractivity contribution is 6.32. The van der Waals surface area contributed by atoms with Crippen LogP contribution >= 0.6 is 11.6 Å². The summed E-state index contributed by atoms with van der Waals surface area (Å²) < 4.78 is 5.16. The van der Waals surface area contributed by atoms with Gasteiger partial charge in [0.05, 0.1) is 18.3 Å². The van der Waals surface area contributed by atoms with Gasteiger partial charge in [-0.2, -0.15) is 0 Å². The molecule has 1 heterocycles. The third-order valence-electron chi connectivity index (χ3n) is 3.79. The number of nitrogens with zero attached hydrogens (tertiary/aromatic N) is 1. The Morgan fingerprint density at radius 2 is 1.86 bits per heavy atom. The second-order valence-corrected chi connectivity index (χ2v) is 5.71. The molecule has 3 nitrogen and oxygen atoms in total. The maximum atomic E-state index is 10.3. The number of phenols is 1. The van der Waals surface area contributed by atoms with Crippen LogP contribution in [0.4, 0.5) is 0 Å². The molecule has 0 radical (unpaired) electrons. The number of para-hydroxylation sites is 1. The van der Waals surface area contributed by atoms with E-state index in [1.165, 1.54) is 7.11 Å². The number of hydrogen-bond acceptors (Lipinski definition) is 3. The van der Waals surface area contributed by atoms with Crippen LogP contribution in [0.15, 0.2) is 36.4 Å². The lowest BCUT2D eigenvalue weighted by molar-refractivity contribution is 0.374. The highest BCUT2D eigenvalue weighted by Gasteiger charge is 2.13. The first-order valence-corrected chi connectivity index (χ1v) is 7.33. The second-order valence-electron chi connectivity index (χ2n) is 5.30. The number of pyridine rings is 1. The fourth-order valence-electron chi connectivity index (χ4n) is 2.55. The number of hydrogen-bond donors (Lipinski definition) is 1. The molecule has 0 saturated heterocycles. The van der Waals surface area contributed by atoms with Crippen molar-refractivity contribution in [2.24, 2.45) is 0 Å². The zero-order chi connectivity index (χ0) is 15.9. The highest BCUT2D eigenvalue weighted by Crippen LogP contribution is 2.37. The number of fused-ring (bicyclic) bond motifs is 1. The van der Waals surface area contributed by atoms with Gasteiger partial charge in [0.25, 0.3) is 0 Å². The quantitative estimate of drug-likeness (QED) is 0.732. The summed E-state index contributed by atoms with van der Waals surface area (Å²) in [4.78, 5) is 4.67. The largest absolute Gasteiger partial charge is 0.504 e. The predicted octanol–water partition coefficient (Wildman–Crippen LogP) is 4.89. The number of aromatic nitrogens is 1. The molecule has 0 aliphatic rings. The van der Waals surface area contributed by atoms with E-state index in [4.69, 9.17) is 16.3 Å². The number of rotatable bonds is 2. The summed E-state index contributed by atoms with van der Waals surface area (Å²) in [6.07, 6.45) is 0. The van der Waals surface area contributed by atoms with Gasteiger partial charge < -0.3 is 9.84 Å². The van der Waals surface area contributed by atoms with Crippen molar-refractivity contribution in [1.82, 2.24) is 4.98 Å². The van der Waals surface area contributed by atoms with Gasteiger partial charge in [0.2, 0.25) is 0 Å². The van der Waals surface area contributed by atoms with Crippen LogP contribution in [0.5, 0.6) is 11.5 Å². The van der Waals surface area contributed by atoms with Crippen molar-refractivity contribution in [1.29, 1.82) is 0 Å². The van der Waals surface area contributed by atoms with E-state index in [2.05, 4.69) is 4.98 Å². The number of aryl methyl sites for hydroxylation is 2. The molecule has 112 valence electrons. The smallest absolute Gasteiger partial charge is 0.167 e. The standard InChI is InChI=1S/C18H16ClNO2/c1-10-7-15(12-5-4-6-17(22-3)18(12)21)20-16-8-11(2)14(19)9-13(10)16/h4-9,21H,1-3H3. The third-order valence-corrected chi connectivity index (χ3v) is 4.20. The van der Waals surface area contributed by atoms with E-state index in [-0.39, 0.29) is 5.75 Å². The molecule has 0 bridgehead atoms. The Kier molecular flexibility index (Phi) is 3.67. The molecular weight excluding hydrogens is 298 g/mol. The minimum absolute atomic E-state index is 0.0990. The van der Waals surface area contributed by atoms with Crippen molar-refractivity contribution >= 4 is 22.5 Å². The second kappa shape index (κ2) is 5.50. The third kappa shape index (κ3) is 2.38. The van der Waals surface area contributed by atoms with Crippen LogP contribution in [-0.4, -0.2) is 17.2 Å². The Labute approximate surface area is 134 Å². The summed E-state index contributed by atoms with van der Waals surface area (Å²) in [6.45, 7) is 3.96. The lowest BCUT2D eigenvalue weighted by Gasteiger charge is -2.11. The Hall–Kier alpha value is -2.26. The molecule has 0 spiro atoms. The van der Waals surface area contributed by atoms with Gasteiger partial charge in [-0.3, -0.25) is 0 Å². The van der Waals surface area contributed by atoms with Gasteiger partial charge in [-0.05, 0) is 55.3 Å². The minimum Gasteiger partial charge on any atom is -0.504 e. The summed E-state index contributed by atoms with van der Waals surface area (Å²) in [5.41, 5.74) is 4.26. The number of benzene rings is 2. The Morgan fingerprint density at radius 1 is 1.09 bits per heavy atom. The zero-order valence-electron chi connectivity index (χ0n) is 12.6.